The van der Waals surface area contributed by atoms with Crippen LogP contribution in [0.25, 0.3) is 0 Å². The molecule has 1 aliphatic rings. The Labute approximate surface area is 123 Å². The summed E-state index contributed by atoms with van der Waals surface area (Å²) in [5, 5.41) is 9.48. The monoisotopic (exact) mass is 286 g/mol. The summed E-state index contributed by atoms with van der Waals surface area (Å²) in [4.78, 5) is 1.38. The number of thioether (sulfide) groups is 1. The molecule has 0 fully saturated rings. The van der Waals surface area contributed by atoms with E-state index in [1.165, 1.54) is 10.5 Å². The average molecular weight is 286 g/mol. The Kier molecular flexibility index (Phi) is 3.99. The lowest BCUT2D eigenvalue weighted by Gasteiger charge is -2.13. The van der Waals surface area contributed by atoms with Gasteiger partial charge in [-0.2, -0.15) is 0 Å². The molecule has 3 heteroatoms. The third kappa shape index (κ3) is 2.84. The van der Waals surface area contributed by atoms with E-state index in [9.17, 15) is 5.11 Å². The molecule has 0 amide bonds. The molecule has 0 aliphatic carbocycles. The molecule has 1 heterocycles. The highest BCUT2D eigenvalue weighted by atomic mass is 32.2. The molecule has 2 aromatic rings. The zero-order valence-corrected chi connectivity index (χ0v) is 12.3. The van der Waals surface area contributed by atoms with E-state index in [1.807, 2.05) is 36.0 Å². The molecule has 2 atom stereocenters. The van der Waals surface area contributed by atoms with Crippen molar-refractivity contribution in [2.24, 2.45) is 0 Å². The maximum atomic E-state index is 9.48. The van der Waals surface area contributed by atoms with Crippen molar-refractivity contribution in [3.8, 4) is 5.75 Å². The molecule has 0 aromatic heterocycles. The lowest BCUT2D eigenvalue weighted by atomic mass is 10.0. The molecule has 2 nitrogen and oxygen atoms in total. The van der Waals surface area contributed by atoms with Crippen molar-refractivity contribution in [1.82, 2.24) is 0 Å². The van der Waals surface area contributed by atoms with Crippen molar-refractivity contribution in [1.29, 1.82) is 0 Å². The van der Waals surface area contributed by atoms with Crippen molar-refractivity contribution >= 4 is 11.8 Å². The van der Waals surface area contributed by atoms with Gasteiger partial charge in [0.05, 0.1) is 12.7 Å². The van der Waals surface area contributed by atoms with Crippen molar-refractivity contribution in [2.45, 2.75) is 23.8 Å². The third-order valence-electron chi connectivity index (χ3n) is 3.61. The molecule has 2 aromatic carbocycles. The van der Waals surface area contributed by atoms with E-state index in [-0.39, 0.29) is 0 Å². The minimum absolute atomic E-state index is 0.429. The molecule has 0 saturated heterocycles. The summed E-state index contributed by atoms with van der Waals surface area (Å²) in [7, 11) is 0. The third-order valence-corrected chi connectivity index (χ3v) is 4.86. The second kappa shape index (κ2) is 5.90. The fourth-order valence-corrected chi connectivity index (χ4v) is 3.64. The van der Waals surface area contributed by atoms with E-state index in [0.717, 1.165) is 17.1 Å². The van der Waals surface area contributed by atoms with Crippen molar-refractivity contribution in [3.05, 3.63) is 59.7 Å². The highest BCUT2D eigenvalue weighted by molar-refractivity contribution is 7.99. The van der Waals surface area contributed by atoms with E-state index in [2.05, 4.69) is 24.3 Å². The predicted octanol–water partition coefficient (Wildman–Crippen LogP) is 4.01. The fourth-order valence-electron chi connectivity index (χ4n) is 2.41. The minimum atomic E-state index is -0.429. The Bertz CT molecular complexity index is 578. The molecule has 1 aliphatic heterocycles. The summed E-state index contributed by atoms with van der Waals surface area (Å²) in [5.41, 5.74) is 2.32. The van der Waals surface area contributed by atoms with Gasteiger partial charge in [0.15, 0.2) is 0 Å². The van der Waals surface area contributed by atoms with Gasteiger partial charge in [0, 0.05) is 16.6 Å². The Morgan fingerprint density at radius 2 is 1.95 bits per heavy atom. The molecule has 1 N–H and O–H groups in total. The maximum Gasteiger partial charge on any atom is 0.119 e. The van der Waals surface area contributed by atoms with Crippen molar-refractivity contribution in [2.75, 3.05) is 12.4 Å². The summed E-state index contributed by atoms with van der Waals surface area (Å²) in [6, 6.07) is 16.2. The standard InChI is InChI=1S/C17H18O2S/c1-12(18)13-6-8-15(9-7-13)19-10-14-11-20-17-5-3-2-4-16(14)17/h2-9,12,14,18H,10-11H2,1H3/t12-,14?/m1/s1. The van der Waals surface area contributed by atoms with Gasteiger partial charge in [0.25, 0.3) is 0 Å². The largest absolute Gasteiger partial charge is 0.493 e. The first-order valence-corrected chi connectivity index (χ1v) is 7.85. The predicted molar refractivity (Wildman–Crippen MR) is 82.5 cm³/mol. The van der Waals surface area contributed by atoms with Gasteiger partial charge < -0.3 is 9.84 Å². The minimum Gasteiger partial charge on any atom is -0.493 e. The van der Waals surface area contributed by atoms with Gasteiger partial charge in [-0.3, -0.25) is 0 Å². The Morgan fingerprint density at radius 1 is 1.20 bits per heavy atom. The summed E-state index contributed by atoms with van der Waals surface area (Å²) >= 11 is 1.90. The Hall–Kier alpha value is -1.45. The van der Waals surface area contributed by atoms with Gasteiger partial charge in [0.1, 0.15) is 5.75 Å². The van der Waals surface area contributed by atoms with E-state index in [4.69, 9.17) is 4.74 Å². The van der Waals surface area contributed by atoms with Gasteiger partial charge in [-0.05, 0) is 36.2 Å². The first kappa shape index (κ1) is 13.5. The summed E-state index contributed by atoms with van der Waals surface area (Å²) in [6.07, 6.45) is -0.429. The molecule has 1 unspecified atom stereocenters. The first-order valence-electron chi connectivity index (χ1n) is 6.86. The molecule has 0 spiro atoms. The number of hydrogen-bond acceptors (Lipinski definition) is 3. The number of aliphatic hydroxyl groups excluding tert-OH is 1. The molecule has 0 bridgehead atoms. The molecular formula is C17H18O2S. The summed E-state index contributed by atoms with van der Waals surface area (Å²) < 4.78 is 5.89. The molecular weight excluding hydrogens is 268 g/mol. The van der Waals surface area contributed by atoms with Crippen LogP contribution in [0.5, 0.6) is 5.75 Å². The Balaban J connectivity index is 1.63. The number of benzene rings is 2. The first-order chi connectivity index (χ1) is 9.74. The van der Waals surface area contributed by atoms with Crippen LogP contribution in [0.1, 0.15) is 30.1 Å². The van der Waals surface area contributed by atoms with Crippen LogP contribution in [-0.4, -0.2) is 17.5 Å². The lowest BCUT2D eigenvalue weighted by molar-refractivity contribution is 0.199. The van der Waals surface area contributed by atoms with Gasteiger partial charge in [-0.1, -0.05) is 30.3 Å². The molecule has 104 valence electrons. The van der Waals surface area contributed by atoms with E-state index in [1.54, 1.807) is 6.92 Å². The van der Waals surface area contributed by atoms with E-state index < -0.39 is 6.10 Å². The smallest absolute Gasteiger partial charge is 0.119 e. The topological polar surface area (TPSA) is 29.5 Å². The normalized spacial score (nSPS) is 18.6. The van der Waals surface area contributed by atoms with E-state index >= 15 is 0 Å². The van der Waals surface area contributed by atoms with Gasteiger partial charge in [0.2, 0.25) is 0 Å². The van der Waals surface area contributed by atoms with Crippen LogP contribution in [0.15, 0.2) is 53.4 Å². The van der Waals surface area contributed by atoms with Crippen LogP contribution in [0, 0.1) is 0 Å². The summed E-state index contributed by atoms with van der Waals surface area (Å²) in [5.74, 6) is 2.42. The molecule has 0 radical (unpaired) electrons. The van der Waals surface area contributed by atoms with Crippen LogP contribution in [0.4, 0.5) is 0 Å². The number of hydrogen-bond donors (Lipinski definition) is 1. The van der Waals surface area contributed by atoms with Crippen LogP contribution >= 0.6 is 11.8 Å². The lowest BCUT2D eigenvalue weighted by Crippen LogP contribution is -2.09. The highest BCUT2D eigenvalue weighted by Crippen LogP contribution is 2.39. The second-order valence-corrected chi connectivity index (χ2v) is 6.16. The van der Waals surface area contributed by atoms with Crippen molar-refractivity contribution in [3.63, 3.8) is 0 Å². The van der Waals surface area contributed by atoms with Gasteiger partial charge in [-0.25, -0.2) is 0 Å². The van der Waals surface area contributed by atoms with Crippen LogP contribution < -0.4 is 4.74 Å². The zero-order valence-electron chi connectivity index (χ0n) is 11.5. The highest BCUT2D eigenvalue weighted by Gasteiger charge is 2.23. The van der Waals surface area contributed by atoms with Crippen LogP contribution in [-0.2, 0) is 0 Å². The number of aliphatic hydroxyl groups is 1. The average Bonchev–Trinajstić information content (AvgIpc) is 2.89. The van der Waals surface area contributed by atoms with Crippen LogP contribution in [0.3, 0.4) is 0 Å². The number of ether oxygens (including phenoxy) is 1. The fraction of sp³-hybridized carbons (Fsp3) is 0.294. The quantitative estimate of drug-likeness (QED) is 0.921. The van der Waals surface area contributed by atoms with Gasteiger partial charge >= 0.3 is 0 Å². The number of fused-ring (bicyclic) bond motifs is 1. The maximum absolute atomic E-state index is 9.48. The SMILES string of the molecule is C[C@@H](O)c1ccc(OCC2CSc3ccccc32)cc1. The van der Waals surface area contributed by atoms with Crippen LogP contribution in [0.2, 0.25) is 0 Å². The number of rotatable bonds is 4. The summed E-state index contributed by atoms with van der Waals surface area (Å²) in [6.45, 7) is 2.47. The molecule has 20 heavy (non-hydrogen) atoms. The molecule has 0 saturated carbocycles. The second-order valence-electron chi connectivity index (χ2n) is 5.10. The molecule has 3 rings (SSSR count). The van der Waals surface area contributed by atoms with Gasteiger partial charge in [-0.15, -0.1) is 11.8 Å². The van der Waals surface area contributed by atoms with Crippen molar-refractivity contribution < 1.29 is 9.84 Å². The van der Waals surface area contributed by atoms with E-state index in [0.29, 0.717) is 12.5 Å². The zero-order chi connectivity index (χ0) is 13.9. The Morgan fingerprint density at radius 3 is 2.70 bits per heavy atom.